The van der Waals surface area contributed by atoms with E-state index in [-0.39, 0.29) is 5.91 Å². The summed E-state index contributed by atoms with van der Waals surface area (Å²) in [6.45, 7) is 0. The molecular formula is C14H11N3O2S2. The molecule has 0 aliphatic rings. The van der Waals surface area contributed by atoms with Gasteiger partial charge in [0.15, 0.2) is 10.8 Å². The largest absolute Gasteiger partial charge is 0.462 e. The van der Waals surface area contributed by atoms with Crippen LogP contribution in [0.2, 0.25) is 0 Å². The van der Waals surface area contributed by atoms with Crippen molar-refractivity contribution in [2.24, 2.45) is 0 Å². The number of amides is 1. The quantitative estimate of drug-likeness (QED) is 0.801. The highest BCUT2D eigenvalue weighted by atomic mass is 32.1. The van der Waals surface area contributed by atoms with Gasteiger partial charge in [0.05, 0.1) is 18.2 Å². The van der Waals surface area contributed by atoms with Crippen molar-refractivity contribution in [3.8, 4) is 10.8 Å². The lowest BCUT2D eigenvalue weighted by molar-refractivity contribution is 0.0967. The molecule has 0 fully saturated rings. The molecule has 7 heteroatoms. The fourth-order valence-corrected chi connectivity index (χ4v) is 3.15. The molecule has 106 valence electrons. The highest BCUT2D eigenvalue weighted by Crippen LogP contribution is 2.25. The van der Waals surface area contributed by atoms with E-state index in [2.05, 4.69) is 15.3 Å². The van der Waals surface area contributed by atoms with Crippen LogP contribution in [-0.2, 0) is 0 Å². The first-order valence-corrected chi connectivity index (χ1v) is 7.81. The van der Waals surface area contributed by atoms with Crippen LogP contribution in [0.25, 0.3) is 22.9 Å². The van der Waals surface area contributed by atoms with Gasteiger partial charge in [0.25, 0.3) is 5.91 Å². The Kier molecular flexibility index (Phi) is 3.94. The summed E-state index contributed by atoms with van der Waals surface area (Å²) in [4.78, 5) is 20.7. The van der Waals surface area contributed by atoms with Crippen LogP contribution in [0.4, 0.5) is 0 Å². The normalized spacial score (nSPS) is 11.1. The topological polar surface area (TPSA) is 68.0 Å². The summed E-state index contributed by atoms with van der Waals surface area (Å²) in [5.41, 5.74) is 0.836. The SMILES string of the molecule is CNC(=O)c1cnc(C=Cc2csc(-c3ccco3)n2)s1. The molecule has 21 heavy (non-hydrogen) atoms. The third-order valence-corrected chi connectivity index (χ3v) is 4.46. The molecule has 0 unspecified atom stereocenters. The summed E-state index contributed by atoms with van der Waals surface area (Å²) in [5, 5.41) is 6.12. The zero-order valence-electron chi connectivity index (χ0n) is 11.1. The second kappa shape index (κ2) is 6.02. The maximum absolute atomic E-state index is 11.4. The van der Waals surface area contributed by atoms with Crippen LogP contribution in [0.5, 0.6) is 0 Å². The van der Waals surface area contributed by atoms with Crippen LogP contribution in [0, 0.1) is 0 Å². The first kappa shape index (κ1) is 13.7. The van der Waals surface area contributed by atoms with Gasteiger partial charge in [-0.1, -0.05) is 0 Å². The maximum atomic E-state index is 11.4. The van der Waals surface area contributed by atoms with Crippen molar-refractivity contribution >= 4 is 40.7 Å². The third-order valence-electron chi connectivity index (χ3n) is 2.63. The zero-order chi connectivity index (χ0) is 14.7. The minimum Gasteiger partial charge on any atom is -0.462 e. The number of nitrogens with zero attached hydrogens (tertiary/aromatic N) is 2. The third kappa shape index (κ3) is 3.09. The van der Waals surface area contributed by atoms with Gasteiger partial charge in [-0.15, -0.1) is 22.7 Å². The molecule has 5 nitrogen and oxygen atoms in total. The Balaban J connectivity index is 1.74. The van der Waals surface area contributed by atoms with Gasteiger partial charge in [-0.3, -0.25) is 4.79 Å². The van der Waals surface area contributed by atoms with Crippen molar-refractivity contribution in [1.29, 1.82) is 0 Å². The Morgan fingerprint density at radius 3 is 3.10 bits per heavy atom. The van der Waals surface area contributed by atoms with Crippen molar-refractivity contribution in [3.63, 3.8) is 0 Å². The molecule has 0 saturated carbocycles. The molecule has 0 aliphatic carbocycles. The Hall–Kier alpha value is -2.25. The van der Waals surface area contributed by atoms with E-state index in [1.54, 1.807) is 19.5 Å². The van der Waals surface area contributed by atoms with Crippen LogP contribution in [0.3, 0.4) is 0 Å². The van der Waals surface area contributed by atoms with Crippen LogP contribution in [-0.4, -0.2) is 22.9 Å². The highest BCUT2D eigenvalue weighted by molar-refractivity contribution is 7.14. The summed E-state index contributed by atoms with van der Waals surface area (Å²) in [6.07, 6.45) is 6.91. The molecule has 0 bridgehead atoms. The summed E-state index contributed by atoms with van der Waals surface area (Å²) >= 11 is 2.86. The molecule has 3 aromatic rings. The Bertz CT molecular complexity index is 772. The van der Waals surface area contributed by atoms with E-state index < -0.39 is 0 Å². The van der Waals surface area contributed by atoms with Crippen molar-refractivity contribution < 1.29 is 9.21 Å². The fourth-order valence-electron chi connectivity index (χ4n) is 1.63. The standard InChI is InChI=1S/C14H11N3O2S2/c1-15-13(18)11-7-16-12(21-11)5-4-9-8-20-14(17-9)10-3-2-6-19-10/h2-8H,1H3,(H,15,18). The lowest BCUT2D eigenvalue weighted by atomic mass is 10.4. The second-order valence-electron chi connectivity index (χ2n) is 4.03. The molecule has 0 aromatic carbocycles. The van der Waals surface area contributed by atoms with E-state index in [9.17, 15) is 4.79 Å². The smallest absolute Gasteiger partial charge is 0.262 e. The molecule has 0 radical (unpaired) electrons. The van der Waals surface area contributed by atoms with Gasteiger partial charge >= 0.3 is 0 Å². The van der Waals surface area contributed by atoms with E-state index >= 15 is 0 Å². The van der Waals surface area contributed by atoms with Crippen molar-refractivity contribution in [1.82, 2.24) is 15.3 Å². The molecule has 1 amide bonds. The Morgan fingerprint density at radius 2 is 2.33 bits per heavy atom. The summed E-state index contributed by atoms with van der Waals surface area (Å²) in [6, 6.07) is 3.71. The van der Waals surface area contributed by atoms with Crippen molar-refractivity contribution in [3.05, 3.63) is 45.6 Å². The maximum Gasteiger partial charge on any atom is 0.262 e. The molecule has 1 N–H and O–H groups in total. The van der Waals surface area contributed by atoms with E-state index in [4.69, 9.17) is 4.42 Å². The molecule has 0 atom stereocenters. The fraction of sp³-hybridized carbons (Fsp3) is 0.0714. The van der Waals surface area contributed by atoms with E-state index in [1.165, 1.54) is 22.7 Å². The van der Waals surface area contributed by atoms with Crippen molar-refractivity contribution in [2.45, 2.75) is 0 Å². The lowest BCUT2D eigenvalue weighted by Crippen LogP contribution is -2.16. The number of hydrogen-bond donors (Lipinski definition) is 1. The predicted molar refractivity (Wildman–Crippen MR) is 84.2 cm³/mol. The van der Waals surface area contributed by atoms with Gasteiger partial charge in [0.2, 0.25) is 0 Å². The molecule has 3 rings (SSSR count). The van der Waals surface area contributed by atoms with E-state index in [0.717, 1.165) is 21.5 Å². The molecule has 0 spiro atoms. The first-order valence-electron chi connectivity index (χ1n) is 6.11. The van der Waals surface area contributed by atoms with Crippen LogP contribution in [0.15, 0.2) is 34.4 Å². The number of thiazole rings is 2. The molecular weight excluding hydrogens is 306 g/mol. The molecule has 0 saturated heterocycles. The number of aromatic nitrogens is 2. The summed E-state index contributed by atoms with van der Waals surface area (Å²) in [7, 11) is 1.60. The van der Waals surface area contributed by atoms with E-state index in [0.29, 0.717) is 4.88 Å². The van der Waals surface area contributed by atoms with Gasteiger partial charge in [0, 0.05) is 12.4 Å². The monoisotopic (exact) mass is 317 g/mol. The van der Waals surface area contributed by atoms with Gasteiger partial charge in [0.1, 0.15) is 9.88 Å². The van der Waals surface area contributed by atoms with Gasteiger partial charge in [-0.2, -0.15) is 0 Å². The molecule has 0 aliphatic heterocycles. The zero-order valence-corrected chi connectivity index (χ0v) is 12.7. The number of carbonyl (C=O) groups excluding carboxylic acids is 1. The number of carbonyl (C=O) groups is 1. The number of nitrogens with one attached hydrogen (secondary N) is 1. The van der Waals surface area contributed by atoms with Gasteiger partial charge in [-0.25, -0.2) is 9.97 Å². The van der Waals surface area contributed by atoms with Crippen LogP contribution < -0.4 is 5.32 Å². The predicted octanol–water partition coefficient (Wildman–Crippen LogP) is 3.39. The van der Waals surface area contributed by atoms with Crippen LogP contribution in [0.1, 0.15) is 20.4 Å². The van der Waals surface area contributed by atoms with Crippen LogP contribution >= 0.6 is 22.7 Å². The Morgan fingerprint density at radius 1 is 1.43 bits per heavy atom. The number of hydrogen-bond acceptors (Lipinski definition) is 6. The highest BCUT2D eigenvalue weighted by Gasteiger charge is 2.08. The van der Waals surface area contributed by atoms with Crippen molar-refractivity contribution in [2.75, 3.05) is 7.05 Å². The van der Waals surface area contributed by atoms with Gasteiger partial charge in [-0.05, 0) is 24.3 Å². The Labute approximate surface area is 129 Å². The molecule has 3 heterocycles. The number of furan rings is 1. The van der Waals surface area contributed by atoms with Gasteiger partial charge < -0.3 is 9.73 Å². The summed E-state index contributed by atoms with van der Waals surface area (Å²) < 4.78 is 5.31. The average Bonchev–Trinajstić information content (AvgIpc) is 3.23. The molecule has 3 aromatic heterocycles. The second-order valence-corrected chi connectivity index (χ2v) is 5.95. The van der Waals surface area contributed by atoms with E-state index in [1.807, 2.05) is 29.7 Å². The minimum absolute atomic E-state index is 0.124. The lowest BCUT2D eigenvalue weighted by Gasteiger charge is -1.90. The number of rotatable bonds is 4. The summed E-state index contributed by atoms with van der Waals surface area (Å²) in [5.74, 6) is 0.636. The minimum atomic E-state index is -0.124. The first-order chi connectivity index (χ1) is 10.3. The average molecular weight is 317 g/mol.